The minimum Gasteiger partial charge on any atom is -0.357 e. The molecule has 1 rings (SSSR count). The highest BCUT2D eigenvalue weighted by Crippen LogP contribution is 2.18. The second-order valence-electron chi connectivity index (χ2n) is 4.70. The molecule has 1 aromatic heterocycles. The van der Waals surface area contributed by atoms with Crippen molar-refractivity contribution < 1.29 is 0 Å². The standard InChI is InChI=1S/C15H25ClN2/c1-4-7-14-10-13(12-16)11-15(17-14)18(8-5-2)9-6-3/h10-11H,4-9,12H2,1-3H3. The third kappa shape index (κ3) is 4.49. The van der Waals surface area contributed by atoms with Gasteiger partial charge in [-0.3, -0.25) is 0 Å². The number of pyridine rings is 1. The average molecular weight is 269 g/mol. The molecule has 0 saturated carbocycles. The lowest BCUT2D eigenvalue weighted by atomic mass is 10.1. The normalized spacial score (nSPS) is 10.7. The average Bonchev–Trinajstić information content (AvgIpc) is 2.38. The van der Waals surface area contributed by atoms with Crippen molar-refractivity contribution in [2.45, 2.75) is 52.3 Å². The Labute approximate surface area is 116 Å². The topological polar surface area (TPSA) is 16.1 Å². The minimum atomic E-state index is 0.568. The molecule has 2 nitrogen and oxygen atoms in total. The van der Waals surface area contributed by atoms with Crippen molar-refractivity contribution in [2.75, 3.05) is 18.0 Å². The first-order chi connectivity index (χ1) is 8.74. The van der Waals surface area contributed by atoms with Gasteiger partial charge in [0.25, 0.3) is 0 Å². The summed E-state index contributed by atoms with van der Waals surface area (Å²) in [5.74, 6) is 1.67. The molecule has 0 aliphatic carbocycles. The Bertz CT molecular complexity index is 346. The summed E-state index contributed by atoms with van der Waals surface area (Å²) in [5, 5.41) is 0. The predicted molar refractivity (Wildman–Crippen MR) is 80.6 cm³/mol. The van der Waals surface area contributed by atoms with E-state index in [0.717, 1.165) is 44.6 Å². The number of nitrogens with zero attached hydrogens (tertiary/aromatic N) is 2. The van der Waals surface area contributed by atoms with Gasteiger partial charge in [-0.25, -0.2) is 4.98 Å². The summed E-state index contributed by atoms with van der Waals surface area (Å²) in [7, 11) is 0. The Balaban J connectivity index is 2.99. The second kappa shape index (κ2) is 8.36. The number of rotatable bonds is 8. The number of aromatic nitrogens is 1. The van der Waals surface area contributed by atoms with Crippen LogP contribution in [-0.2, 0) is 12.3 Å². The lowest BCUT2D eigenvalue weighted by Crippen LogP contribution is -2.26. The molecule has 0 bridgehead atoms. The molecule has 3 heteroatoms. The van der Waals surface area contributed by atoms with E-state index in [1.165, 1.54) is 11.3 Å². The van der Waals surface area contributed by atoms with Crippen LogP contribution in [0.25, 0.3) is 0 Å². The van der Waals surface area contributed by atoms with E-state index in [9.17, 15) is 0 Å². The van der Waals surface area contributed by atoms with Gasteiger partial charge < -0.3 is 4.90 Å². The minimum absolute atomic E-state index is 0.568. The van der Waals surface area contributed by atoms with Gasteiger partial charge in [-0.2, -0.15) is 0 Å². The van der Waals surface area contributed by atoms with E-state index >= 15 is 0 Å². The van der Waals surface area contributed by atoms with Gasteiger partial charge in [-0.15, -0.1) is 11.6 Å². The molecule has 0 radical (unpaired) electrons. The summed E-state index contributed by atoms with van der Waals surface area (Å²) in [5.41, 5.74) is 2.35. The molecule has 0 unspecified atom stereocenters. The lowest BCUT2D eigenvalue weighted by molar-refractivity contribution is 0.728. The van der Waals surface area contributed by atoms with Crippen molar-refractivity contribution in [3.05, 3.63) is 23.4 Å². The zero-order chi connectivity index (χ0) is 13.4. The molecule has 0 spiro atoms. The molecular formula is C15H25ClN2. The van der Waals surface area contributed by atoms with Crippen LogP contribution in [0, 0.1) is 0 Å². The van der Waals surface area contributed by atoms with Crippen LogP contribution in [-0.4, -0.2) is 18.1 Å². The zero-order valence-electron chi connectivity index (χ0n) is 11.9. The largest absolute Gasteiger partial charge is 0.357 e. The third-order valence-electron chi connectivity index (χ3n) is 2.90. The first kappa shape index (κ1) is 15.3. The highest BCUT2D eigenvalue weighted by Gasteiger charge is 2.09. The zero-order valence-corrected chi connectivity index (χ0v) is 12.6. The fraction of sp³-hybridized carbons (Fsp3) is 0.667. The maximum Gasteiger partial charge on any atom is 0.129 e. The van der Waals surface area contributed by atoms with Gasteiger partial charge in [0.05, 0.1) is 0 Å². The van der Waals surface area contributed by atoms with Crippen molar-refractivity contribution >= 4 is 17.4 Å². The summed E-state index contributed by atoms with van der Waals surface area (Å²) in [6.07, 6.45) is 4.45. The van der Waals surface area contributed by atoms with Crippen LogP contribution in [0.1, 0.15) is 51.3 Å². The highest BCUT2D eigenvalue weighted by atomic mass is 35.5. The van der Waals surface area contributed by atoms with E-state index in [1.54, 1.807) is 0 Å². The molecule has 1 aromatic rings. The number of hydrogen-bond acceptors (Lipinski definition) is 2. The molecule has 0 atom stereocenters. The summed E-state index contributed by atoms with van der Waals surface area (Å²) in [6.45, 7) is 8.74. The number of alkyl halides is 1. The van der Waals surface area contributed by atoms with E-state index in [2.05, 4.69) is 37.8 Å². The molecule has 102 valence electrons. The molecule has 0 fully saturated rings. The molecule has 18 heavy (non-hydrogen) atoms. The van der Waals surface area contributed by atoms with Gasteiger partial charge in [0.15, 0.2) is 0 Å². The van der Waals surface area contributed by atoms with Crippen LogP contribution in [0.4, 0.5) is 5.82 Å². The first-order valence-electron chi connectivity index (χ1n) is 7.05. The van der Waals surface area contributed by atoms with Crippen molar-refractivity contribution in [1.29, 1.82) is 0 Å². The number of halogens is 1. The maximum atomic E-state index is 5.98. The summed E-state index contributed by atoms with van der Waals surface area (Å²) in [6, 6.07) is 4.27. The van der Waals surface area contributed by atoms with E-state index in [4.69, 9.17) is 16.6 Å². The SMILES string of the molecule is CCCc1cc(CCl)cc(N(CCC)CCC)n1. The Morgan fingerprint density at radius 2 is 1.72 bits per heavy atom. The Hall–Kier alpha value is -0.760. The summed E-state index contributed by atoms with van der Waals surface area (Å²) in [4.78, 5) is 7.15. The van der Waals surface area contributed by atoms with Crippen molar-refractivity contribution in [1.82, 2.24) is 4.98 Å². The molecule has 0 N–H and O–H groups in total. The summed E-state index contributed by atoms with van der Waals surface area (Å²) >= 11 is 5.98. The predicted octanol–water partition coefficient (Wildman–Crippen LogP) is 4.40. The highest BCUT2D eigenvalue weighted by molar-refractivity contribution is 6.17. The maximum absolute atomic E-state index is 5.98. The lowest BCUT2D eigenvalue weighted by Gasteiger charge is -2.23. The Morgan fingerprint density at radius 3 is 2.22 bits per heavy atom. The Morgan fingerprint density at radius 1 is 1.06 bits per heavy atom. The quantitative estimate of drug-likeness (QED) is 0.650. The molecule has 1 heterocycles. The molecule has 0 aliphatic heterocycles. The van der Waals surface area contributed by atoms with Gasteiger partial charge in [0, 0.05) is 24.7 Å². The Kier molecular flexibility index (Phi) is 7.11. The van der Waals surface area contributed by atoms with Gasteiger partial charge in [0.1, 0.15) is 5.82 Å². The fourth-order valence-electron chi connectivity index (χ4n) is 2.14. The summed E-state index contributed by atoms with van der Waals surface area (Å²) < 4.78 is 0. The second-order valence-corrected chi connectivity index (χ2v) is 4.96. The van der Waals surface area contributed by atoms with Gasteiger partial charge in [-0.1, -0.05) is 27.2 Å². The van der Waals surface area contributed by atoms with E-state index in [-0.39, 0.29) is 0 Å². The van der Waals surface area contributed by atoms with Crippen LogP contribution < -0.4 is 4.90 Å². The van der Waals surface area contributed by atoms with Gasteiger partial charge in [-0.05, 0) is 37.0 Å². The van der Waals surface area contributed by atoms with E-state index in [0.29, 0.717) is 5.88 Å². The first-order valence-corrected chi connectivity index (χ1v) is 7.59. The van der Waals surface area contributed by atoms with E-state index < -0.39 is 0 Å². The number of hydrogen-bond donors (Lipinski definition) is 0. The van der Waals surface area contributed by atoms with Crippen molar-refractivity contribution in [3.8, 4) is 0 Å². The smallest absolute Gasteiger partial charge is 0.129 e. The monoisotopic (exact) mass is 268 g/mol. The number of aryl methyl sites for hydroxylation is 1. The fourth-order valence-corrected chi connectivity index (χ4v) is 2.29. The molecule has 0 aliphatic rings. The van der Waals surface area contributed by atoms with Crippen molar-refractivity contribution in [3.63, 3.8) is 0 Å². The molecule has 0 aromatic carbocycles. The van der Waals surface area contributed by atoms with E-state index in [1.807, 2.05) is 0 Å². The van der Waals surface area contributed by atoms with Crippen LogP contribution in [0.2, 0.25) is 0 Å². The van der Waals surface area contributed by atoms with Crippen LogP contribution in [0.3, 0.4) is 0 Å². The number of anilines is 1. The molecule has 0 amide bonds. The van der Waals surface area contributed by atoms with Crippen LogP contribution in [0.5, 0.6) is 0 Å². The van der Waals surface area contributed by atoms with Crippen molar-refractivity contribution in [2.24, 2.45) is 0 Å². The molecular weight excluding hydrogens is 244 g/mol. The van der Waals surface area contributed by atoms with Gasteiger partial charge in [0.2, 0.25) is 0 Å². The molecule has 0 saturated heterocycles. The van der Waals surface area contributed by atoms with Crippen LogP contribution in [0.15, 0.2) is 12.1 Å². The third-order valence-corrected chi connectivity index (χ3v) is 3.20. The van der Waals surface area contributed by atoms with Gasteiger partial charge >= 0.3 is 0 Å². The van der Waals surface area contributed by atoms with Crippen LogP contribution >= 0.6 is 11.6 Å².